The molecule has 5 nitrogen and oxygen atoms in total. The van der Waals surface area contributed by atoms with Gasteiger partial charge in [0, 0.05) is 25.0 Å². The van der Waals surface area contributed by atoms with Crippen LogP contribution in [0, 0.1) is 17.6 Å². The second-order valence-electron chi connectivity index (χ2n) is 7.14. The lowest BCUT2D eigenvalue weighted by Gasteiger charge is -2.37. The first-order valence-corrected chi connectivity index (χ1v) is 9.10. The maximum Gasteiger partial charge on any atom is 0.317 e. The van der Waals surface area contributed by atoms with Crippen molar-refractivity contribution in [1.82, 2.24) is 9.80 Å². The predicted octanol–water partition coefficient (Wildman–Crippen LogP) is 2.47. The molecular formula is C19H24F2N2O3. The number of amides is 1. The number of carboxylic acid groups (broad SMARTS) is 1. The highest BCUT2D eigenvalue weighted by Gasteiger charge is 2.46. The van der Waals surface area contributed by atoms with Gasteiger partial charge < -0.3 is 10.0 Å². The molecular weight excluding hydrogens is 342 g/mol. The van der Waals surface area contributed by atoms with Crippen molar-refractivity contribution in [3.05, 3.63) is 35.4 Å². The van der Waals surface area contributed by atoms with Crippen molar-refractivity contribution in [2.45, 2.75) is 38.1 Å². The van der Waals surface area contributed by atoms with Crippen LogP contribution in [-0.2, 0) is 9.59 Å². The lowest BCUT2D eigenvalue weighted by Crippen LogP contribution is -2.48. The van der Waals surface area contributed by atoms with E-state index in [2.05, 4.69) is 0 Å². The quantitative estimate of drug-likeness (QED) is 0.840. The highest BCUT2D eigenvalue weighted by atomic mass is 19.2. The number of likely N-dealkylation sites (tertiary alicyclic amines) is 1. The summed E-state index contributed by atoms with van der Waals surface area (Å²) in [6.07, 6.45) is 2.19. The molecule has 1 saturated carbocycles. The van der Waals surface area contributed by atoms with Crippen LogP contribution < -0.4 is 0 Å². The van der Waals surface area contributed by atoms with Crippen molar-refractivity contribution in [3.8, 4) is 0 Å². The Morgan fingerprint density at radius 1 is 1.23 bits per heavy atom. The van der Waals surface area contributed by atoms with Gasteiger partial charge in [0.05, 0.1) is 6.54 Å². The number of piperidine rings is 1. The summed E-state index contributed by atoms with van der Waals surface area (Å²) in [6.45, 7) is 3.86. The third kappa shape index (κ3) is 4.03. The number of carbonyl (C=O) groups excluding carboxylic acids is 1. The Hall–Kier alpha value is -2.02. The number of hydrogen-bond donors (Lipinski definition) is 1. The van der Waals surface area contributed by atoms with E-state index in [1.165, 1.54) is 6.07 Å². The van der Waals surface area contributed by atoms with Crippen LogP contribution in [0.25, 0.3) is 0 Å². The monoisotopic (exact) mass is 366 g/mol. The molecule has 0 spiro atoms. The first-order chi connectivity index (χ1) is 12.4. The molecule has 0 radical (unpaired) electrons. The minimum absolute atomic E-state index is 0.0238. The lowest BCUT2D eigenvalue weighted by molar-refractivity contribution is -0.140. The normalized spacial score (nSPS) is 23.3. The topological polar surface area (TPSA) is 60.9 Å². The summed E-state index contributed by atoms with van der Waals surface area (Å²) in [4.78, 5) is 27.4. The van der Waals surface area contributed by atoms with Gasteiger partial charge in [0.1, 0.15) is 0 Å². The molecule has 2 fully saturated rings. The summed E-state index contributed by atoms with van der Waals surface area (Å²) in [5.74, 6) is -2.70. The molecule has 2 atom stereocenters. The fourth-order valence-electron chi connectivity index (χ4n) is 3.94. The van der Waals surface area contributed by atoms with Gasteiger partial charge in [0.2, 0.25) is 5.91 Å². The van der Waals surface area contributed by atoms with Crippen molar-refractivity contribution >= 4 is 11.9 Å². The molecule has 26 heavy (non-hydrogen) atoms. The summed E-state index contributed by atoms with van der Waals surface area (Å²) in [5, 5.41) is 8.98. The van der Waals surface area contributed by atoms with Crippen molar-refractivity contribution in [3.63, 3.8) is 0 Å². The van der Waals surface area contributed by atoms with Crippen molar-refractivity contribution in [1.29, 1.82) is 0 Å². The molecule has 2 aliphatic rings. The summed E-state index contributed by atoms with van der Waals surface area (Å²) >= 11 is 0. The van der Waals surface area contributed by atoms with Crippen LogP contribution in [0.1, 0.15) is 37.7 Å². The standard InChI is InChI=1S/C19H24F2N2O3/c1-2-22(11-18(24)25)13-5-7-23(8-6-13)19(26)15-10-14(15)12-3-4-16(20)17(21)9-12/h3-4,9,13-15H,2,5-8,10-11H2,1H3,(H,24,25). The van der Waals surface area contributed by atoms with Crippen LogP contribution in [0.5, 0.6) is 0 Å². The second-order valence-corrected chi connectivity index (χ2v) is 7.14. The number of carboxylic acids is 1. The van der Waals surface area contributed by atoms with E-state index < -0.39 is 17.6 Å². The van der Waals surface area contributed by atoms with Gasteiger partial charge in [-0.3, -0.25) is 14.5 Å². The second kappa shape index (κ2) is 7.70. The highest BCUT2D eigenvalue weighted by Crippen LogP contribution is 2.48. The van der Waals surface area contributed by atoms with Crippen LogP contribution in [-0.4, -0.2) is 59.0 Å². The van der Waals surface area contributed by atoms with Crippen LogP contribution in [0.2, 0.25) is 0 Å². The van der Waals surface area contributed by atoms with Gasteiger partial charge in [0.25, 0.3) is 0 Å². The average molecular weight is 366 g/mol. The first-order valence-electron chi connectivity index (χ1n) is 9.10. The molecule has 0 aromatic heterocycles. The molecule has 1 aliphatic heterocycles. The molecule has 1 aromatic carbocycles. The lowest BCUT2D eigenvalue weighted by atomic mass is 10.0. The van der Waals surface area contributed by atoms with E-state index in [4.69, 9.17) is 5.11 Å². The molecule has 1 N–H and O–H groups in total. The number of nitrogens with zero attached hydrogens (tertiary/aromatic N) is 2. The Balaban J connectivity index is 1.53. The fourth-order valence-corrected chi connectivity index (χ4v) is 3.94. The minimum Gasteiger partial charge on any atom is -0.480 e. The number of benzene rings is 1. The van der Waals surface area contributed by atoms with Crippen molar-refractivity contribution < 1.29 is 23.5 Å². The molecule has 1 aliphatic carbocycles. The maximum atomic E-state index is 13.4. The SMILES string of the molecule is CCN(CC(=O)O)C1CCN(C(=O)C2CC2c2ccc(F)c(F)c2)CC1. The van der Waals surface area contributed by atoms with Gasteiger partial charge in [-0.15, -0.1) is 0 Å². The van der Waals surface area contributed by atoms with Crippen LogP contribution in [0.15, 0.2) is 18.2 Å². The largest absolute Gasteiger partial charge is 0.480 e. The maximum absolute atomic E-state index is 13.4. The molecule has 1 aromatic rings. The number of rotatable bonds is 6. The Morgan fingerprint density at radius 3 is 2.50 bits per heavy atom. The summed E-state index contributed by atoms with van der Waals surface area (Å²) < 4.78 is 26.4. The molecule has 1 heterocycles. The van der Waals surface area contributed by atoms with Crippen molar-refractivity contribution in [2.24, 2.45) is 5.92 Å². The van der Waals surface area contributed by atoms with Gasteiger partial charge in [-0.05, 0) is 49.4 Å². The Morgan fingerprint density at radius 2 is 1.92 bits per heavy atom. The fraction of sp³-hybridized carbons (Fsp3) is 0.579. The zero-order valence-electron chi connectivity index (χ0n) is 14.8. The summed E-state index contributed by atoms with van der Waals surface area (Å²) in [5.41, 5.74) is 0.677. The van der Waals surface area contributed by atoms with E-state index in [1.54, 1.807) is 6.07 Å². The van der Waals surface area contributed by atoms with E-state index in [0.29, 0.717) is 31.6 Å². The van der Waals surface area contributed by atoms with Gasteiger partial charge in [0.15, 0.2) is 11.6 Å². The van der Waals surface area contributed by atoms with E-state index >= 15 is 0 Å². The zero-order chi connectivity index (χ0) is 18.8. The molecule has 3 rings (SSSR count). The zero-order valence-corrected chi connectivity index (χ0v) is 14.8. The number of likely N-dealkylation sites (N-methyl/N-ethyl adjacent to an activating group) is 1. The van der Waals surface area contributed by atoms with Crippen LogP contribution in [0.4, 0.5) is 8.78 Å². The third-order valence-corrected chi connectivity index (χ3v) is 5.52. The number of carbonyl (C=O) groups is 2. The Labute approximate surface area is 151 Å². The Bertz CT molecular complexity index is 689. The highest BCUT2D eigenvalue weighted by molar-refractivity contribution is 5.83. The van der Waals surface area contributed by atoms with E-state index in [1.807, 2.05) is 16.7 Å². The van der Waals surface area contributed by atoms with Crippen LogP contribution >= 0.6 is 0 Å². The summed E-state index contributed by atoms with van der Waals surface area (Å²) in [7, 11) is 0. The molecule has 7 heteroatoms. The van der Waals surface area contributed by atoms with E-state index in [9.17, 15) is 18.4 Å². The molecule has 0 bridgehead atoms. The van der Waals surface area contributed by atoms with Crippen molar-refractivity contribution in [2.75, 3.05) is 26.2 Å². The van der Waals surface area contributed by atoms with E-state index in [-0.39, 0.29) is 30.3 Å². The average Bonchev–Trinajstić information content (AvgIpc) is 3.42. The molecule has 1 saturated heterocycles. The first kappa shape index (κ1) is 18.8. The Kier molecular flexibility index (Phi) is 5.55. The molecule has 1 amide bonds. The number of aliphatic carboxylic acids is 1. The van der Waals surface area contributed by atoms with Gasteiger partial charge >= 0.3 is 5.97 Å². The van der Waals surface area contributed by atoms with Gasteiger partial charge in [-0.1, -0.05) is 13.0 Å². The molecule has 2 unspecified atom stereocenters. The van der Waals surface area contributed by atoms with Crippen LogP contribution in [0.3, 0.4) is 0 Å². The summed E-state index contributed by atoms with van der Waals surface area (Å²) in [6, 6.07) is 4.03. The van der Waals surface area contributed by atoms with Gasteiger partial charge in [-0.25, -0.2) is 8.78 Å². The van der Waals surface area contributed by atoms with Gasteiger partial charge in [-0.2, -0.15) is 0 Å². The smallest absolute Gasteiger partial charge is 0.317 e. The third-order valence-electron chi connectivity index (χ3n) is 5.52. The molecule has 142 valence electrons. The minimum atomic E-state index is -0.875. The number of hydrogen-bond acceptors (Lipinski definition) is 3. The predicted molar refractivity (Wildman–Crippen MR) is 91.7 cm³/mol. The van der Waals surface area contributed by atoms with E-state index in [0.717, 1.165) is 18.9 Å². The number of halogens is 2.